The van der Waals surface area contributed by atoms with Gasteiger partial charge in [-0.05, 0) is 36.8 Å². The predicted octanol–water partition coefficient (Wildman–Crippen LogP) is 6.35. The number of halogens is 4. The number of rotatable bonds is 9. The van der Waals surface area contributed by atoms with Crippen molar-refractivity contribution in [3.8, 4) is 5.69 Å². The van der Waals surface area contributed by atoms with Crippen molar-refractivity contribution >= 4 is 35.0 Å². The molecule has 12 heteroatoms. The third-order valence-electron chi connectivity index (χ3n) is 5.67. The van der Waals surface area contributed by atoms with Gasteiger partial charge in [0, 0.05) is 37.4 Å². The molecule has 3 aromatic rings. The van der Waals surface area contributed by atoms with Gasteiger partial charge in [-0.15, -0.1) is 0 Å². The summed E-state index contributed by atoms with van der Waals surface area (Å²) >= 11 is 6.39. The van der Waals surface area contributed by atoms with Crippen LogP contribution in [0.25, 0.3) is 5.69 Å². The molecule has 0 spiro atoms. The van der Waals surface area contributed by atoms with Crippen molar-refractivity contribution in [2.75, 3.05) is 37.4 Å². The van der Waals surface area contributed by atoms with Crippen LogP contribution in [0.5, 0.6) is 0 Å². The smallest absolute Gasteiger partial charge is 0.385 e. The van der Waals surface area contributed by atoms with Crippen LogP contribution in [0.1, 0.15) is 38.4 Å². The molecule has 0 unspecified atom stereocenters. The quantitative estimate of drug-likeness (QED) is 0.296. The number of urea groups is 1. The number of carbonyl (C=O) groups excluding carboxylic acids is 2. The molecule has 0 fully saturated rings. The largest absolute Gasteiger partial charge is 0.416 e. The monoisotopic (exact) mass is 565 g/mol. The van der Waals surface area contributed by atoms with E-state index in [0.717, 1.165) is 12.1 Å². The molecule has 1 heterocycles. The molecule has 3 amide bonds. The summed E-state index contributed by atoms with van der Waals surface area (Å²) in [5, 5.41) is 10.3. The van der Waals surface area contributed by atoms with E-state index in [9.17, 15) is 22.8 Å². The van der Waals surface area contributed by atoms with Crippen LogP contribution in [0.4, 0.5) is 29.5 Å². The molecule has 0 aliphatic rings. The van der Waals surface area contributed by atoms with E-state index in [2.05, 4.69) is 15.7 Å². The number of nitrogens with one attached hydrogen (secondary N) is 2. The fourth-order valence-corrected chi connectivity index (χ4v) is 3.84. The highest BCUT2D eigenvalue weighted by Gasteiger charge is 2.31. The number of ether oxygens (including phenoxy) is 1. The van der Waals surface area contributed by atoms with Gasteiger partial charge in [0.1, 0.15) is 12.4 Å². The van der Waals surface area contributed by atoms with Crippen molar-refractivity contribution in [3.63, 3.8) is 0 Å². The van der Waals surface area contributed by atoms with Gasteiger partial charge in [-0.1, -0.05) is 50.6 Å². The average molecular weight is 566 g/mol. The van der Waals surface area contributed by atoms with Gasteiger partial charge < -0.3 is 20.3 Å². The van der Waals surface area contributed by atoms with E-state index in [-0.39, 0.29) is 24.2 Å². The molecule has 0 aliphatic heterocycles. The van der Waals surface area contributed by atoms with Crippen LogP contribution >= 0.6 is 11.6 Å². The number of hydrogen-bond donors (Lipinski definition) is 2. The summed E-state index contributed by atoms with van der Waals surface area (Å²) in [4.78, 5) is 27.3. The summed E-state index contributed by atoms with van der Waals surface area (Å²) in [5.41, 5.74) is -0.00514. The molecule has 39 heavy (non-hydrogen) atoms. The Morgan fingerprint density at radius 2 is 1.77 bits per heavy atom. The maximum atomic E-state index is 13.1. The van der Waals surface area contributed by atoms with Gasteiger partial charge in [0.15, 0.2) is 0 Å². The number of amides is 3. The number of para-hydroxylation sites is 1. The van der Waals surface area contributed by atoms with Gasteiger partial charge in [0.05, 0.1) is 22.0 Å². The summed E-state index contributed by atoms with van der Waals surface area (Å²) in [6.45, 7) is 6.02. The molecular weight excluding hydrogens is 535 g/mol. The molecule has 2 N–H and O–H groups in total. The van der Waals surface area contributed by atoms with Crippen LogP contribution in [-0.2, 0) is 21.1 Å². The minimum absolute atomic E-state index is 0.0430. The Kier molecular flexibility index (Phi) is 9.63. The summed E-state index contributed by atoms with van der Waals surface area (Å²) in [5.74, 6) is -0.173. The lowest BCUT2D eigenvalue weighted by Crippen LogP contribution is -2.41. The highest BCUT2D eigenvalue weighted by molar-refractivity contribution is 6.32. The molecule has 0 saturated heterocycles. The summed E-state index contributed by atoms with van der Waals surface area (Å²) in [7, 11) is 1.50. The number of carbonyl (C=O) groups is 2. The van der Waals surface area contributed by atoms with Crippen LogP contribution in [0.15, 0.2) is 54.6 Å². The van der Waals surface area contributed by atoms with E-state index in [1.807, 2.05) is 20.8 Å². The van der Waals surface area contributed by atoms with E-state index in [0.29, 0.717) is 35.2 Å². The Balaban J connectivity index is 1.82. The van der Waals surface area contributed by atoms with Crippen LogP contribution < -0.4 is 10.6 Å². The first-order valence-corrected chi connectivity index (χ1v) is 12.5. The second-order valence-electron chi connectivity index (χ2n) is 9.85. The number of methoxy groups -OCH3 is 1. The first-order chi connectivity index (χ1) is 18.3. The van der Waals surface area contributed by atoms with Gasteiger partial charge in [-0.3, -0.25) is 4.79 Å². The van der Waals surface area contributed by atoms with Crippen molar-refractivity contribution in [2.24, 2.45) is 0 Å². The first-order valence-electron chi connectivity index (χ1n) is 12.2. The van der Waals surface area contributed by atoms with Gasteiger partial charge in [-0.25, -0.2) is 9.48 Å². The second kappa shape index (κ2) is 12.5. The van der Waals surface area contributed by atoms with Crippen molar-refractivity contribution in [2.45, 2.75) is 38.8 Å². The summed E-state index contributed by atoms with van der Waals surface area (Å²) in [6.07, 6.45) is -4.15. The molecular formula is C27H31ClF3N5O3. The van der Waals surface area contributed by atoms with Crippen molar-refractivity contribution in [3.05, 3.63) is 70.9 Å². The highest BCUT2D eigenvalue weighted by Crippen LogP contribution is 2.31. The average Bonchev–Trinajstić information content (AvgIpc) is 3.27. The lowest BCUT2D eigenvalue weighted by molar-refractivity contribution is -0.137. The lowest BCUT2D eigenvalue weighted by Gasteiger charge is -2.23. The molecule has 8 nitrogen and oxygen atoms in total. The van der Waals surface area contributed by atoms with Crippen LogP contribution in [-0.4, -0.2) is 53.4 Å². The number of anilines is 2. The maximum Gasteiger partial charge on any atom is 0.416 e. The second-order valence-corrected chi connectivity index (χ2v) is 10.3. The molecule has 0 atom stereocenters. The van der Waals surface area contributed by atoms with Crippen LogP contribution in [0, 0.1) is 0 Å². The number of hydrogen-bond acceptors (Lipinski definition) is 4. The van der Waals surface area contributed by atoms with Gasteiger partial charge in [0.25, 0.3) is 0 Å². The Labute approximate surface area is 230 Å². The highest BCUT2D eigenvalue weighted by atomic mass is 35.5. The normalized spacial score (nSPS) is 11.8. The van der Waals surface area contributed by atoms with Gasteiger partial charge in [0.2, 0.25) is 5.91 Å². The van der Waals surface area contributed by atoms with E-state index in [1.54, 1.807) is 30.3 Å². The minimum atomic E-state index is -4.56. The summed E-state index contributed by atoms with van der Waals surface area (Å²) < 4.78 is 45.9. The number of benzene rings is 2. The van der Waals surface area contributed by atoms with Gasteiger partial charge >= 0.3 is 12.2 Å². The summed E-state index contributed by atoms with van der Waals surface area (Å²) in [6, 6.07) is 12.3. The van der Waals surface area contributed by atoms with Gasteiger partial charge in [-0.2, -0.15) is 18.3 Å². The molecule has 0 saturated carbocycles. The third kappa shape index (κ3) is 8.21. The van der Waals surface area contributed by atoms with Crippen molar-refractivity contribution < 1.29 is 27.5 Å². The molecule has 2 aromatic carbocycles. The molecule has 1 aromatic heterocycles. The van der Waals surface area contributed by atoms with E-state index in [1.165, 1.54) is 28.8 Å². The maximum absolute atomic E-state index is 13.1. The van der Waals surface area contributed by atoms with E-state index < -0.39 is 23.7 Å². The molecule has 0 bridgehead atoms. The Morgan fingerprint density at radius 3 is 2.41 bits per heavy atom. The zero-order valence-corrected chi connectivity index (χ0v) is 22.9. The van der Waals surface area contributed by atoms with Crippen LogP contribution in [0.2, 0.25) is 5.02 Å². The molecule has 210 valence electrons. The Morgan fingerprint density at radius 1 is 1.05 bits per heavy atom. The fourth-order valence-electron chi connectivity index (χ4n) is 3.63. The zero-order valence-electron chi connectivity index (χ0n) is 22.1. The lowest BCUT2D eigenvalue weighted by atomic mass is 9.92. The molecule has 3 rings (SSSR count). The Bertz CT molecular complexity index is 1300. The Hall–Kier alpha value is -3.57. The first kappa shape index (κ1) is 30.0. The van der Waals surface area contributed by atoms with Crippen LogP contribution in [0.3, 0.4) is 0 Å². The number of aromatic nitrogens is 2. The SMILES string of the molecule is COCCCN(CC(=O)Nc1cc(C(C)(C)C)nn1-c1ccccc1Cl)C(=O)Nc1cccc(C(F)(F)F)c1. The third-order valence-corrected chi connectivity index (χ3v) is 5.98. The standard InChI is InChI=1S/C27H31ClF3N5O3/c1-26(2,3)22-16-23(36(34-22)21-12-6-5-11-20(21)28)33-24(37)17-35(13-8-14-39-4)25(38)32-19-10-7-9-18(15-19)27(29,30)31/h5-7,9-12,15-16H,8,13-14,17H2,1-4H3,(H,32,38)(H,33,37). The number of alkyl halides is 3. The molecule has 0 aliphatic carbocycles. The zero-order chi connectivity index (χ0) is 28.8. The molecule has 0 radical (unpaired) electrons. The van der Waals surface area contributed by atoms with E-state index in [4.69, 9.17) is 16.3 Å². The topological polar surface area (TPSA) is 88.5 Å². The van der Waals surface area contributed by atoms with Crippen molar-refractivity contribution in [1.82, 2.24) is 14.7 Å². The minimum Gasteiger partial charge on any atom is -0.385 e. The van der Waals surface area contributed by atoms with E-state index >= 15 is 0 Å². The number of nitrogens with zero attached hydrogens (tertiary/aromatic N) is 3. The fraction of sp³-hybridized carbons (Fsp3) is 0.370. The van der Waals surface area contributed by atoms with Crippen molar-refractivity contribution in [1.29, 1.82) is 0 Å². The predicted molar refractivity (Wildman–Crippen MR) is 144 cm³/mol.